The van der Waals surface area contributed by atoms with Gasteiger partial charge < -0.3 is 15.1 Å². The molecule has 0 unspecified atom stereocenters. The molecule has 250 valence electrons. The number of carbonyl (C=O) groups is 2. The van der Waals surface area contributed by atoms with E-state index in [4.69, 9.17) is 47.5 Å². The molecule has 47 heavy (non-hydrogen) atoms. The van der Waals surface area contributed by atoms with E-state index in [-0.39, 0.29) is 12.8 Å². The third-order valence-corrected chi connectivity index (χ3v) is 5.92. The van der Waals surface area contributed by atoms with Gasteiger partial charge in [0, 0.05) is 66.3 Å². The minimum absolute atomic E-state index is 0.0361. The van der Waals surface area contributed by atoms with Crippen LogP contribution < -0.4 is 46.4 Å². The maximum atomic E-state index is 11.1. The number of pyridine rings is 2. The number of allylic oxidation sites excluding steroid dienone is 7. The van der Waals surface area contributed by atoms with Crippen LogP contribution >= 0.6 is 0 Å². The van der Waals surface area contributed by atoms with Crippen molar-refractivity contribution in [3.63, 3.8) is 0 Å². The number of halogens is 2. The molecule has 3 heterocycles. The van der Waals surface area contributed by atoms with Crippen molar-refractivity contribution in [2.45, 2.75) is 19.4 Å². The SMILES string of the molecule is O=C(O)CCN1C=CC=CC1=C/C=C(/C=C/c1cccc[n+]1CCC(=O)O)[n+]1cccc2ccccc21.[O-][Cl+3]([O-])([O-])[O-].[O-][Cl+3]([O-])([O-])[O-]. The van der Waals surface area contributed by atoms with E-state index < -0.39 is 32.4 Å². The minimum atomic E-state index is -4.94. The zero-order chi connectivity index (χ0) is 35.0. The zero-order valence-corrected chi connectivity index (χ0v) is 25.9. The highest BCUT2D eigenvalue weighted by Crippen LogP contribution is 2.16. The van der Waals surface area contributed by atoms with Crippen molar-refractivity contribution < 1.29 is 86.7 Å². The van der Waals surface area contributed by atoms with Crippen LogP contribution in [0.1, 0.15) is 18.5 Å². The van der Waals surface area contributed by atoms with Crippen molar-refractivity contribution >= 4 is 34.6 Å². The molecule has 0 spiro atoms. The Hall–Kier alpha value is -4.52. The fraction of sp³-hybridized carbons (Fsp3) is 0.133. The second kappa shape index (κ2) is 18.6. The summed E-state index contributed by atoms with van der Waals surface area (Å²) >= 11 is 0. The van der Waals surface area contributed by atoms with Crippen molar-refractivity contribution in [1.29, 1.82) is 0 Å². The van der Waals surface area contributed by atoms with Crippen LogP contribution in [0, 0.1) is 20.5 Å². The van der Waals surface area contributed by atoms with Gasteiger partial charge in [-0.25, -0.2) is 37.3 Å². The highest BCUT2D eigenvalue weighted by Gasteiger charge is 2.15. The van der Waals surface area contributed by atoms with E-state index in [0.29, 0.717) is 13.1 Å². The summed E-state index contributed by atoms with van der Waals surface area (Å²) in [6.45, 7) is 0.742. The molecule has 4 rings (SSSR count). The summed E-state index contributed by atoms with van der Waals surface area (Å²) in [7, 11) is -9.89. The van der Waals surface area contributed by atoms with Crippen molar-refractivity contribution in [3.8, 4) is 0 Å². The molecule has 0 aliphatic carbocycles. The number of aromatic nitrogens is 2. The van der Waals surface area contributed by atoms with Gasteiger partial charge in [-0.2, -0.15) is 9.13 Å². The Morgan fingerprint density at radius 2 is 1.40 bits per heavy atom. The van der Waals surface area contributed by atoms with Crippen molar-refractivity contribution in [2.75, 3.05) is 6.54 Å². The van der Waals surface area contributed by atoms with Crippen molar-refractivity contribution in [3.05, 3.63) is 121 Å². The number of fused-ring (bicyclic) bond motifs is 1. The largest absolute Gasteiger partial charge is 0.481 e. The van der Waals surface area contributed by atoms with Gasteiger partial charge in [-0.05, 0) is 36.4 Å². The first-order chi connectivity index (χ1) is 22.0. The van der Waals surface area contributed by atoms with E-state index >= 15 is 0 Å². The van der Waals surface area contributed by atoms with E-state index in [1.807, 2.05) is 107 Å². The summed E-state index contributed by atoms with van der Waals surface area (Å²) in [6.07, 6.45) is 19.5. The van der Waals surface area contributed by atoms with Gasteiger partial charge in [0.1, 0.15) is 6.42 Å². The van der Waals surface area contributed by atoms with E-state index in [0.717, 1.165) is 28.0 Å². The number of para-hydroxylation sites is 1. The highest BCUT2D eigenvalue weighted by molar-refractivity contribution is 5.77. The summed E-state index contributed by atoms with van der Waals surface area (Å²) < 4.78 is 72.0. The van der Waals surface area contributed by atoms with Gasteiger partial charge in [0.15, 0.2) is 18.9 Å². The average molecular weight is 694 g/mol. The zero-order valence-electron chi connectivity index (χ0n) is 24.4. The molecule has 0 fully saturated rings. The number of rotatable bonds is 10. The second-order valence-corrected chi connectivity index (χ2v) is 10.7. The lowest BCUT2D eigenvalue weighted by Gasteiger charge is -2.22. The van der Waals surface area contributed by atoms with Crippen LogP contribution in [0.15, 0.2) is 115 Å². The number of hydrogen-bond acceptors (Lipinski definition) is 11. The van der Waals surface area contributed by atoms with Crippen LogP contribution in [0.2, 0.25) is 0 Å². The van der Waals surface area contributed by atoms with Crippen LogP contribution in [0.25, 0.3) is 22.7 Å². The number of aryl methyl sites for hydroxylation is 1. The Morgan fingerprint density at radius 1 is 0.787 bits per heavy atom. The first-order valence-corrected chi connectivity index (χ1v) is 15.7. The molecule has 0 radical (unpaired) electrons. The summed E-state index contributed by atoms with van der Waals surface area (Å²) in [5, 5.41) is 19.3. The Labute approximate surface area is 272 Å². The van der Waals surface area contributed by atoms with Gasteiger partial charge in [-0.3, -0.25) is 9.59 Å². The van der Waals surface area contributed by atoms with Gasteiger partial charge in [0.05, 0.1) is 6.42 Å². The van der Waals surface area contributed by atoms with Crippen LogP contribution in [0.5, 0.6) is 0 Å². The van der Waals surface area contributed by atoms with E-state index in [2.05, 4.69) is 22.8 Å². The maximum Gasteiger partial charge on any atom is 0.309 e. The van der Waals surface area contributed by atoms with Crippen LogP contribution in [-0.4, -0.2) is 33.6 Å². The lowest BCUT2D eigenvalue weighted by atomic mass is 10.2. The van der Waals surface area contributed by atoms with Gasteiger partial charge in [-0.15, -0.1) is 20.5 Å². The number of carboxylic acid groups (broad SMARTS) is 2. The maximum absolute atomic E-state index is 11.1. The number of carboxylic acids is 2. The molecule has 1 aromatic carbocycles. The first kappa shape index (κ1) is 38.7. The van der Waals surface area contributed by atoms with E-state index in [1.165, 1.54) is 0 Å². The van der Waals surface area contributed by atoms with Gasteiger partial charge in [0.2, 0.25) is 16.9 Å². The van der Waals surface area contributed by atoms with Gasteiger partial charge >= 0.3 is 11.9 Å². The van der Waals surface area contributed by atoms with Gasteiger partial charge in [0.25, 0.3) is 0 Å². The number of nitrogens with zero attached hydrogens (tertiary/aromatic N) is 3. The Kier molecular flexibility index (Phi) is 15.3. The Bertz CT molecular complexity index is 1630. The summed E-state index contributed by atoms with van der Waals surface area (Å²) in [5.74, 6) is -1.68. The molecule has 0 saturated carbocycles. The fourth-order valence-corrected chi connectivity index (χ4v) is 4.06. The summed E-state index contributed by atoms with van der Waals surface area (Å²) in [6, 6.07) is 17.9. The van der Waals surface area contributed by atoms with Crippen LogP contribution in [0.3, 0.4) is 0 Å². The van der Waals surface area contributed by atoms with Crippen molar-refractivity contribution in [2.24, 2.45) is 0 Å². The monoisotopic (exact) mass is 693 g/mol. The molecule has 2 aromatic heterocycles. The summed E-state index contributed by atoms with van der Waals surface area (Å²) in [5.41, 5.74) is 3.69. The Balaban J connectivity index is 0.000000670. The molecule has 1 aliphatic rings. The molecule has 15 nitrogen and oxygen atoms in total. The highest BCUT2D eigenvalue weighted by atomic mass is 35.7. The molecular weight excluding hydrogens is 665 g/mol. The van der Waals surface area contributed by atoms with E-state index in [9.17, 15) is 9.59 Å². The number of aliphatic carboxylic acids is 2. The molecular formula is C30H29Cl2N3O12. The molecule has 0 atom stereocenters. The van der Waals surface area contributed by atoms with Crippen molar-refractivity contribution in [1.82, 2.24) is 4.90 Å². The predicted octanol–water partition coefficient (Wildman–Crippen LogP) is -5.32. The number of hydrogen-bond donors (Lipinski definition) is 2. The molecule has 0 amide bonds. The van der Waals surface area contributed by atoms with Crippen LogP contribution in [-0.2, 0) is 16.1 Å². The second-order valence-electron chi connectivity index (χ2n) is 9.21. The lowest BCUT2D eigenvalue weighted by molar-refractivity contribution is -2.00. The Morgan fingerprint density at radius 3 is 2.06 bits per heavy atom. The molecule has 1 aliphatic heterocycles. The van der Waals surface area contributed by atoms with Crippen LogP contribution in [0.4, 0.5) is 0 Å². The standard InChI is InChI=1S/C30H27N3O4.2ClHO4/c34-29(35)17-22-31-19-5-3-10-25(31)13-15-27(33-21-7-9-24-8-1-2-12-28(24)33)16-14-26-11-4-6-20-32(26)23-18-30(36)37;2*2-1(3,4)5/h1-16,19-21H,17-18,22-23H2;2*(H,2,3,4,5). The smallest absolute Gasteiger partial charge is 0.309 e. The fourth-order valence-electron chi connectivity index (χ4n) is 4.06. The third-order valence-electron chi connectivity index (χ3n) is 5.92. The normalized spacial score (nSPS) is 14.1. The van der Waals surface area contributed by atoms with E-state index in [1.54, 1.807) is 0 Å². The predicted molar refractivity (Wildman–Crippen MR) is 142 cm³/mol. The molecule has 2 N–H and O–H groups in total. The third kappa shape index (κ3) is 16.6. The molecule has 17 heteroatoms. The molecule has 3 aromatic rings. The lowest BCUT2D eigenvalue weighted by Crippen LogP contribution is -2.68. The molecule has 0 saturated heterocycles. The molecule has 0 bridgehead atoms. The first-order valence-electron chi connectivity index (χ1n) is 13.3. The average Bonchev–Trinajstić information content (AvgIpc) is 2.98. The minimum Gasteiger partial charge on any atom is -0.481 e. The quantitative estimate of drug-likeness (QED) is 0.148. The number of benzene rings is 1. The van der Waals surface area contributed by atoms with Gasteiger partial charge in [-0.1, -0.05) is 18.2 Å². The summed E-state index contributed by atoms with van der Waals surface area (Å²) in [4.78, 5) is 24.1. The topological polar surface area (TPSA) is 270 Å².